The van der Waals surface area contributed by atoms with E-state index in [2.05, 4.69) is 10.2 Å². The highest BCUT2D eigenvalue weighted by Crippen LogP contribution is 2.26. The van der Waals surface area contributed by atoms with Crippen LogP contribution in [0.5, 0.6) is 0 Å². The number of rotatable bonds is 4. The van der Waals surface area contributed by atoms with Crippen molar-refractivity contribution >= 4 is 29.2 Å². The Morgan fingerprint density at radius 3 is 2.35 bits per heavy atom. The van der Waals surface area contributed by atoms with Crippen LogP contribution in [0.4, 0.5) is 10.5 Å². The zero-order valence-corrected chi connectivity index (χ0v) is 15.6. The molecule has 1 aromatic rings. The van der Waals surface area contributed by atoms with E-state index in [0.717, 1.165) is 49.7 Å². The van der Waals surface area contributed by atoms with E-state index in [1.54, 1.807) is 0 Å². The van der Waals surface area contributed by atoms with Crippen molar-refractivity contribution in [3.63, 3.8) is 0 Å². The van der Waals surface area contributed by atoms with E-state index in [0.29, 0.717) is 19.6 Å². The molecule has 2 saturated heterocycles. The van der Waals surface area contributed by atoms with E-state index in [1.165, 1.54) is 0 Å². The van der Waals surface area contributed by atoms with Crippen LogP contribution in [0, 0.1) is 0 Å². The van der Waals surface area contributed by atoms with Gasteiger partial charge in [0.1, 0.15) is 0 Å². The molecule has 0 atom stereocenters. The van der Waals surface area contributed by atoms with Gasteiger partial charge in [-0.3, -0.25) is 9.69 Å². The highest BCUT2D eigenvalue weighted by atomic mass is 35.5. The summed E-state index contributed by atoms with van der Waals surface area (Å²) in [5, 5.41) is 3.87. The minimum absolute atomic E-state index is 0.00263. The Balaban J connectivity index is 1.43. The first-order chi connectivity index (χ1) is 12.5. The number of hydrogen-bond acceptors (Lipinski definition) is 4. The van der Waals surface area contributed by atoms with E-state index in [9.17, 15) is 9.59 Å². The van der Waals surface area contributed by atoms with Crippen molar-refractivity contribution in [3.8, 4) is 0 Å². The van der Waals surface area contributed by atoms with Crippen LogP contribution < -0.4 is 16.0 Å². The second-order valence-electron chi connectivity index (χ2n) is 6.89. The van der Waals surface area contributed by atoms with Crippen molar-refractivity contribution < 1.29 is 9.59 Å². The van der Waals surface area contributed by atoms with Gasteiger partial charge in [-0.25, -0.2) is 4.79 Å². The van der Waals surface area contributed by atoms with Crippen LogP contribution in [0.3, 0.4) is 0 Å². The molecule has 7 nitrogen and oxygen atoms in total. The fourth-order valence-corrected chi connectivity index (χ4v) is 3.84. The monoisotopic (exact) mass is 379 g/mol. The van der Waals surface area contributed by atoms with E-state index in [-0.39, 0.29) is 18.0 Å². The van der Waals surface area contributed by atoms with E-state index in [4.69, 9.17) is 17.3 Å². The van der Waals surface area contributed by atoms with Gasteiger partial charge in [0, 0.05) is 45.3 Å². The third kappa shape index (κ3) is 4.80. The number of carbonyl (C=O) groups excluding carboxylic acids is 2. The number of nitrogens with zero attached hydrogens (tertiary/aromatic N) is 3. The maximum absolute atomic E-state index is 12.5. The molecule has 3 rings (SSSR count). The molecule has 3 N–H and O–H groups in total. The molecule has 2 aliphatic heterocycles. The molecular formula is C18H26ClN5O2. The summed E-state index contributed by atoms with van der Waals surface area (Å²) >= 11 is 6.26. The standard InChI is InChI=1S/C18H26ClN5O2/c19-15-3-1-2-4-16(15)23-9-11-24(12-10-23)18(26)21-14-5-7-22(8-6-14)13-17(20)25/h1-4,14H,5-13H2,(H2,20,25)(H,21,26). The Morgan fingerprint density at radius 1 is 1.08 bits per heavy atom. The number of amides is 3. The van der Waals surface area contributed by atoms with Gasteiger partial charge in [0.15, 0.2) is 0 Å². The Labute approximate surface area is 159 Å². The first-order valence-electron chi connectivity index (χ1n) is 9.08. The molecule has 0 unspecified atom stereocenters. The largest absolute Gasteiger partial charge is 0.369 e. The van der Waals surface area contributed by atoms with Crippen LogP contribution in [0.1, 0.15) is 12.8 Å². The summed E-state index contributed by atoms with van der Waals surface area (Å²) in [6.07, 6.45) is 1.69. The number of piperazine rings is 1. The summed E-state index contributed by atoms with van der Waals surface area (Å²) in [6.45, 7) is 4.77. The third-order valence-electron chi connectivity index (χ3n) is 5.05. The molecule has 142 valence electrons. The Morgan fingerprint density at radius 2 is 1.73 bits per heavy atom. The van der Waals surface area contributed by atoms with Crippen LogP contribution in [-0.4, -0.2) is 73.6 Å². The lowest BCUT2D eigenvalue weighted by atomic mass is 10.1. The van der Waals surface area contributed by atoms with Gasteiger partial charge >= 0.3 is 6.03 Å². The lowest BCUT2D eigenvalue weighted by molar-refractivity contribution is -0.119. The number of carbonyl (C=O) groups is 2. The average molecular weight is 380 g/mol. The number of para-hydroxylation sites is 1. The second kappa shape index (κ2) is 8.60. The number of hydrogen-bond donors (Lipinski definition) is 2. The Hall–Kier alpha value is -1.99. The zero-order chi connectivity index (χ0) is 18.5. The van der Waals surface area contributed by atoms with E-state index < -0.39 is 0 Å². The van der Waals surface area contributed by atoms with Crippen molar-refractivity contribution in [3.05, 3.63) is 29.3 Å². The molecule has 8 heteroatoms. The van der Waals surface area contributed by atoms with Gasteiger partial charge in [-0.1, -0.05) is 23.7 Å². The van der Waals surface area contributed by atoms with Gasteiger partial charge in [-0.15, -0.1) is 0 Å². The topological polar surface area (TPSA) is 81.9 Å². The maximum atomic E-state index is 12.5. The van der Waals surface area contributed by atoms with Crippen molar-refractivity contribution in [2.45, 2.75) is 18.9 Å². The summed E-state index contributed by atoms with van der Waals surface area (Å²) in [6, 6.07) is 7.96. The van der Waals surface area contributed by atoms with Crippen molar-refractivity contribution in [2.24, 2.45) is 5.73 Å². The molecular weight excluding hydrogens is 354 g/mol. The first kappa shape index (κ1) is 18.8. The molecule has 3 amide bonds. The number of urea groups is 1. The SMILES string of the molecule is NC(=O)CN1CCC(NC(=O)N2CCN(c3ccccc3Cl)CC2)CC1. The summed E-state index contributed by atoms with van der Waals surface area (Å²) in [7, 11) is 0. The molecule has 0 saturated carbocycles. The molecule has 0 aromatic heterocycles. The fourth-order valence-electron chi connectivity index (χ4n) is 3.58. The summed E-state index contributed by atoms with van der Waals surface area (Å²) in [5.41, 5.74) is 6.25. The Bertz CT molecular complexity index is 640. The normalized spacial score (nSPS) is 19.4. The van der Waals surface area contributed by atoms with Crippen LogP contribution in [0.15, 0.2) is 24.3 Å². The third-order valence-corrected chi connectivity index (χ3v) is 5.37. The Kier molecular flexibility index (Phi) is 6.21. The number of benzene rings is 1. The fraction of sp³-hybridized carbons (Fsp3) is 0.556. The number of likely N-dealkylation sites (tertiary alicyclic amines) is 1. The van der Waals surface area contributed by atoms with Gasteiger partial charge in [-0.05, 0) is 25.0 Å². The number of primary amides is 1. The van der Waals surface area contributed by atoms with Crippen LogP contribution in [-0.2, 0) is 4.79 Å². The summed E-state index contributed by atoms with van der Waals surface area (Å²) in [4.78, 5) is 29.6. The summed E-state index contributed by atoms with van der Waals surface area (Å²) < 4.78 is 0. The van der Waals surface area contributed by atoms with Gasteiger partial charge < -0.3 is 20.9 Å². The minimum atomic E-state index is -0.302. The number of anilines is 1. The first-order valence-corrected chi connectivity index (χ1v) is 9.46. The van der Waals surface area contributed by atoms with Crippen LogP contribution >= 0.6 is 11.6 Å². The van der Waals surface area contributed by atoms with Crippen molar-refractivity contribution in [1.82, 2.24) is 15.1 Å². The van der Waals surface area contributed by atoms with Crippen LogP contribution in [0.2, 0.25) is 5.02 Å². The van der Waals surface area contributed by atoms with Gasteiger partial charge in [0.05, 0.1) is 17.3 Å². The van der Waals surface area contributed by atoms with Crippen LogP contribution in [0.25, 0.3) is 0 Å². The van der Waals surface area contributed by atoms with Crippen molar-refractivity contribution in [1.29, 1.82) is 0 Å². The molecule has 0 radical (unpaired) electrons. The molecule has 1 aromatic carbocycles. The lowest BCUT2D eigenvalue weighted by Crippen LogP contribution is -2.55. The molecule has 0 aliphatic carbocycles. The zero-order valence-electron chi connectivity index (χ0n) is 14.9. The molecule has 26 heavy (non-hydrogen) atoms. The average Bonchev–Trinajstić information content (AvgIpc) is 2.63. The van der Waals surface area contributed by atoms with Gasteiger partial charge in [-0.2, -0.15) is 0 Å². The number of halogens is 1. The van der Waals surface area contributed by atoms with Gasteiger partial charge in [0.25, 0.3) is 0 Å². The highest BCUT2D eigenvalue weighted by Gasteiger charge is 2.26. The quantitative estimate of drug-likeness (QED) is 0.821. The number of piperidine rings is 1. The maximum Gasteiger partial charge on any atom is 0.317 e. The minimum Gasteiger partial charge on any atom is -0.369 e. The smallest absolute Gasteiger partial charge is 0.317 e. The molecule has 2 fully saturated rings. The molecule has 0 bridgehead atoms. The van der Waals surface area contributed by atoms with Crippen molar-refractivity contribution in [2.75, 3.05) is 50.7 Å². The molecule has 0 spiro atoms. The molecule has 2 aliphatic rings. The van der Waals surface area contributed by atoms with Gasteiger partial charge in [0.2, 0.25) is 5.91 Å². The summed E-state index contributed by atoms with van der Waals surface area (Å²) in [5.74, 6) is -0.302. The highest BCUT2D eigenvalue weighted by molar-refractivity contribution is 6.33. The van der Waals surface area contributed by atoms with E-state index >= 15 is 0 Å². The predicted octanol–water partition coefficient (Wildman–Crippen LogP) is 1.12. The number of nitrogens with two attached hydrogens (primary N) is 1. The lowest BCUT2D eigenvalue weighted by Gasteiger charge is -2.38. The van der Waals surface area contributed by atoms with E-state index in [1.807, 2.05) is 34.1 Å². The molecule has 2 heterocycles. The predicted molar refractivity (Wildman–Crippen MR) is 102 cm³/mol. The second-order valence-corrected chi connectivity index (χ2v) is 7.30. The number of nitrogens with one attached hydrogen (secondary N) is 1.